The van der Waals surface area contributed by atoms with Crippen LogP contribution in [-0.2, 0) is 18.8 Å². The lowest BCUT2D eigenvalue weighted by Crippen LogP contribution is -2.33. The minimum atomic E-state index is -4.78. The van der Waals surface area contributed by atoms with Crippen molar-refractivity contribution in [1.82, 2.24) is 19.5 Å². The lowest BCUT2D eigenvalue weighted by atomic mass is 10.1. The maximum Gasteiger partial charge on any atom is 0.384 e. The summed E-state index contributed by atoms with van der Waals surface area (Å²) >= 11 is 0. The molecule has 0 spiro atoms. The predicted octanol–water partition coefficient (Wildman–Crippen LogP) is -1.77. The van der Waals surface area contributed by atoms with Crippen molar-refractivity contribution in [1.29, 1.82) is 0 Å². The van der Waals surface area contributed by atoms with E-state index < -0.39 is 49.8 Å². The standard InChI is InChI=1S/C12H16N5O8P/c1-12(26(20,21)22)24-6-4(2-18)23-10(7(6)25-12)17-3-14-5-8(17)15-11(13)16-9(5)19/h3-4,6-7,10,18H,2H2,1H3,(H2,20,21,22)(H3,13,15,16,19)/t4-,6-,7-,10-,12?/m1/s1. The van der Waals surface area contributed by atoms with Crippen LogP contribution in [0.15, 0.2) is 11.1 Å². The predicted molar refractivity (Wildman–Crippen MR) is 83.8 cm³/mol. The Bertz CT molecular complexity index is 970. The average Bonchev–Trinajstić information content (AvgIpc) is 3.18. The third-order valence-corrected chi connectivity index (χ3v) is 5.70. The molecule has 0 saturated carbocycles. The molecule has 2 fully saturated rings. The van der Waals surface area contributed by atoms with Crippen molar-refractivity contribution in [2.24, 2.45) is 0 Å². The van der Waals surface area contributed by atoms with Crippen molar-refractivity contribution in [3.63, 3.8) is 0 Å². The molecule has 4 rings (SSSR count). The molecule has 2 aliphatic heterocycles. The smallest absolute Gasteiger partial charge is 0.384 e. The van der Waals surface area contributed by atoms with Crippen LogP contribution >= 0.6 is 7.60 Å². The summed E-state index contributed by atoms with van der Waals surface area (Å²) in [5, 5.41) is 9.53. The average molecular weight is 389 g/mol. The Labute approximate surface area is 144 Å². The fourth-order valence-electron chi connectivity index (χ4n) is 3.15. The van der Waals surface area contributed by atoms with E-state index in [1.54, 1.807) is 0 Å². The molecule has 1 unspecified atom stereocenters. The first-order chi connectivity index (χ1) is 12.1. The Kier molecular flexibility index (Phi) is 3.76. The molecule has 14 heteroatoms. The van der Waals surface area contributed by atoms with Gasteiger partial charge in [-0.15, -0.1) is 0 Å². The van der Waals surface area contributed by atoms with Gasteiger partial charge in [-0.3, -0.25) is 18.9 Å². The molecule has 2 aromatic rings. The summed E-state index contributed by atoms with van der Waals surface area (Å²) in [5.41, 5.74) is 2.93. The van der Waals surface area contributed by atoms with Gasteiger partial charge in [0.2, 0.25) is 5.95 Å². The van der Waals surface area contributed by atoms with E-state index in [0.29, 0.717) is 0 Å². The monoisotopic (exact) mass is 389 g/mol. The number of H-pyrrole nitrogens is 1. The van der Waals surface area contributed by atoms with Gasteiger partial charge in [-0.05, 0) is 0 Å². The van der Waals surface area contributed by atoms with E-state index in [0.717, 1.165) is 6.92 Å². The minimum Gasteiger partial charge on any atom is -0.394 e. The molecule has 6 N–H and O–H groups in total. The highest BCUT2D eigenvalue weighted by atomic mass is 31.2. The number of imidazole rings is 1. The van der Waals surface area contributed by atoms with E-state index in [2.05, 4.69) is 15.0 Å². The van der Waals surface area contributed by atoms with Crippen LogP contribution in [0, 0.1) is 0 Å². The van der Waals surface area contributed by atoms with E-state index in [4.69, 9.17) is 19.9 Å². The highest BCUT2D eigenvalue weighted by Crippen LogP contribution is 2.59. The lowest BCUT2D eigenvalue weighted by molar-refractivity contribution is -0.174. The van der Waals surface area contributed by atoms with Crippen molar-refractivity contribution >= 4 is 24.7 Å². The first kappa shape index (κ1) is 17.5. The SMILES string of the molecule is CC1(P(=O)(O)O)O[C@@H]2[C@H](O1)[C@@H](CO)O[C@H]2n1cnc2c(=O)[nH]c(N)nc21. The molecule has 5 atom stereocenters. The van der Waals surface area contributed by atoms with Gasteiger partial charge in [0.15, 0.2) is 17.4 Å². The molecule has 0 aliphatic carbocycles. The number of anilines is 1. The molecule has 0 aromatic carbocycles. The number of nitrogen functional groups attached to an aromatic ring is 1. The van der Waals surface area contributed by atoms with Gasteiger partial charge in [-0.25, -0.2) is 4.98 Å². The molecule has 4 heterocycles. The van der Waals surface area contributed by atoms with Gasteiger partial charge in [0, 0.05) is 6.92 Å². The molecule has 0 amide bonds. The summed E-state index contributed by atoms with van der Waals surface area (Å²) < 4.78 is 29.7. The summed E-state index contributed by atoms with van der Waals surface area (Å²) in [7, 11) is -4.78. The van der Waals surface area contributed by atoms with Gasteiger partial charge in [0.25, 0.3) is 11.1 Å². The number of hydrogen-bond donors (Lipinski definition) is 5. The van der Waals surface area contributed by atoms with Crippen molar-refractivity contribution in [2.75, 3.05) is 12.3 Å². The van der Waals surface area contributed by atoms with Crippen LogP contribution in [0.4, 0.5) is 5.95 Å². The summed E-state index contributed by atoms with van der Waals surface area (Å²) in [5.74, 6) is -0.138. The van der Waals surface area contributed by atoms with E-state index >= 15 is 0 Å². The number of aromatic nitrogens is 4. The van der Waals surface area contributed by atoms with Gasteiger partial charge in [-0.2, -0.15) is 4.98 Å². The molecule has 13 nitrogen and oxygen atoms in total. The van der Waals surface area contributed by atoms with Crippen LogP contribution in [0.2, 0.25) is 0 Å². The lowest BCUT2D eigenvalue weighted by Gasteiger charge is -2.27. The summed E-state index contributed by atoms with van der Waals surface area (Å²) in [4.78, 5) is 41.2. The quantitative estimate of drug-likeness (QED) is 0.373. The number of nitrogens with zero attached hydrogens (tertiary/aromatic N) is 3. The third-order valence-electron chi connectivity index (χ3n) is 4.43. The minimum absolute atomic E-state index is 0.00321. The van der Waals surface area contributed by atoms with Gasteiger partial charge < -0.3 is 34.8 Å². The maximum atomic E-state index is 11.9. The van der Waals surface area contributed by atoms with Gasteiger partial charge in [0.05, 0.1) is 12.9 Å². The number of hydrogen-bond acceptors (Lipinski definition) is 9. The number of rotatable bonds is 3. The second kappa shape index (κ2) is 5.57. The normalized spacial score (nSPS) is 34.5. The Morgan fingerprint density at radius 1 is 1.42 bits per heavy atom. The van der Waals surface area contributed by atoms with Crippen LogP contribution in [0.5, 0.6) is 0 Å². The third kappa shape index (κ3) is 2.41. The largest absolute Gasteiger partial charge is 0.394 e. The molecule has 0 radical (unpaired) electrons. The number of aliphatic hydroxyl groups is 1. The van der Waals surface area contributed by atoms with Gasteiger partial charge in [-0.1, -0.05) is 0 Å². The van der Waals surface area contributed by atoms with Crippen LogP contribution in [0.1, 0.15) is 13.2 Å². The van der Waals surface area contributed by atoms with Crippen LogP contribution in [0.25, 0.3) is 11.2 Å². The van der Waals surface area contributed by atoms with Crippen molar-refractivity contribution in [2.45, 2.75) is 37.0 Å². The fraction of sp³-hybridized carbons (Fsp3) is 0.583. The number of ether oxygens (including phenoxy) is 3. The zero-order valence-corrected chi connectivity index (χ0v) is 14.2. The molecule has 26 heavy (non-hydrogen) atoms. The second-order valence-electron chi connectivity index (χ2n) is 6.13. The number of nitrogens with two attached hydrogens (primary N) is 1. The van der Waals surface area contributed by atoms with E-state index in [-0.39, 0.29) is 17.1 Å². The van der Waals surface area contributed by atoms with Crippen LogP contribution in [-0.4, -0.2) is 64.9 Å². The second-order valence-corrected chi connectivity index (χ2v) is 8.03. The maximum absolute atomic E-state index is 11.9. The zero-order chi connectivity index (χ0) is 18.9. The topological polar surface area (TPSA) is 195 Å². The van der Waals surface area contributed by atoms with Crippen molar-refractivity contribution in [3.8, 4) is 0 Å². The van der Waals surface area contributed by atoms with Crippen LogP contribution in [0.3, 0.4) is 0 Å². The molecular formula is C12H16N5O8P. The summed E-state index contributed by atoms with van der Waals surface area (Å²) in [6.07, 6.45) is -2.56. The van der Waals surface area contributed by atoms with Crippen molar-refractivity contribution < 1.29 is 33.7 Å². The molecule has 2 aliphatic rings. The summed E-state index contributed by atoms with van der Waals surface area (Å²) in [6.45, 7) is 0.644. The Morgan fingerprint density at radius 2 is 2.12 bits per heavy atom. The van der Waals surface area contributed by atoms with Gasteiger partial charge in [0.1, 0.15) is 18.3 Å². The van der Waals surface area contributed by atoms with E-state index in [9.17, 15) is 24.3 Å². The number of aliphatic hydroxyl groups excluding tert-OH is 1. The Morgan fingerprint density at radius 3 is 2.77 bits per heavy atom. The Balaban J connectivity index is 1.79. The number of fused-ring (bicyclic) bond motifs is 2. The molecule has 142 valence electrons. The zero-order valence-electron chi connectivity index (χ0n) is 13.3. The number of nitrogens with one attached hydrogen (secondary N) is 1. The van der Waals surface area contributed by atoms with E-state index in [1.165, 1.54) is 10.9 Å². The van der Waals surface area contributed by atoms with E-state index in [1.807, 2.05) is 0 Å². The highest BCUT2D eigenvalue weighted by Gasteiger charge is 2.63. The first-order valence-corrected chi connectivity index (χ1v) is 9.16. The number of aromatic amines is 1. The van der Waals surface area contributed by atoms with Crippen molar-refractivity contribution in [3.05, 3.63) is 16.7 Å². The van der Waals surface area contributed by atoms with Crippen LogP contribution < -0.4 is 11.3 Å². The molecular weight excluding hydrogens is 373 g/mol. The van der Waals surface area contributed by atoms with Gasteiger partial charge >= 0.3 is 7.60 Å². The first-order valence-electron chi connectivity index (χ1n) is 7.54. The Hall–Kier alpha value is -1.86. The fourth-order valence-corrected chi connectivity index (χ4v) is 3.66. The molecule has 0 bridgehead atoms. The molecule has 2 saturated heterocycles. The molecule has 2 aromatic heterocycles. The summed E-state index contributed by atoms with van der Waals surface area (Å²) in [6, 6.07) is 0. The highest BCUT2D eigenvalue weighted by molar-refractivity contribution is 7.53.